The van der Waals surface area contributed by atoms with E-state index in [2.05, 4.69) is 26.6 Å². The fraction of sp³-hybridized carbons (Fsp3) is 0.107. The summed E-state index contributed by atoms with van der Waals surface area (Å²) < 4.78 is 16.9. The van der Waals surface area contributed by atoms with Crippen molar-refractivity contribution >= 4 is 55.9 Å². The number of carbonyl (C=O) groups excluding carboxylic acids is 3. The highest BCUT2D eigenvalue weighted by atomic mass is 79.9. The predicted molar refractivity (Wildman–Crippen MR) is 144 cm³/mol. The van der Waals surface area contributed by atoms with E-state index < -0.39 is 18.5 Å². The zero-order valence-electron chi connectivity index (χ0n) is 19.8. The maximum atomic E-state index is 12.5. The van der Waals surface area contributed by atoms with Gasteiger partial charge in [-0.15, -0.1) is 0 Å². The minimum Gasteiger partial charge on any atom is -0.493 e. The molecular formula is C28H23BrN2O6. The molecule has 0 atom stereocenters. The summed E-state index contributed by atoms with van der Waals surface area (Å²) in [6, 6.07) is 24.8. The smallest absolute Gasteiger partial charge is 0.338 e. The quantitative estimate of drug-likeness (QED) is 0.264. The summed E-state index contributed by atoms with van der Waals surface area (Å²) in [6.45, 7) is -0.715. The molecule has 0 aromatic heterocycles. The van der Waals surface area contributed by atoms with Gasteiger partial charge in [0.05, 0.1) is 12.7 Å². The summed E-state index contributed by atoms with van der Waals surface area (Å²) in [7, 11) is 1.41. The van der Waals surface area contributed by atoms with Gasteiger partial charge >= 0.3 is 5.97 Å². The number of hydrogen-bond acceptors (Lipinski definition) is 6. The van der Waals surface area contributed by atoms with Gasteiger partial charge in [0.15, 0.2) is 24.7 Å². The Labute approximate surface area is 221 Å². The lowest BCUT2D eigenvalue weighted by Gasteiger charge is -2.12. The largest absolute Gasteiger partial charge is 0.493 e. The summed E-state index contributed by atoms with van der Waals surface area (Å²) in [5.41, 5.74) is 1.40. The van der Waals surface area contributed by atoms with Crippen molar-refractivity contribution in [1.29, 1.82) is 0 Å². The first kappa shape index (κ1) is 25.7. The Bertz CT molecular complexity index is 1440. The highest BCUT2D eigenvalue weighted by molar-refractivity contribution is 9.10. The van der Waals surface area contributed by atoms with Crippen LogP contribution in [0, 0.1) is 0 Å². The molecule has 0 fully saturated rings. The van der Waals surface area contributed by atoms with Crippen LogP contribution in [0.25, 0.3) is 10.8 Å². The molecule has 0 heterocycles. The number of methoxy groups -OCH3 is 1. The number of carbonyl (C=O) groups is 3. The lowest BCUT2D eigenvalue weighted by Crippen LogP contribution is -2.21. The molecule has 4 rings (SSSR count). The highest BCUT2D eigenvalue weighted by Gasteiger charge is 2.15. The van der Waals surface area contributed by atoms with E-state index in [4.69, 9.17) is 14.2 Å². The molecule has 0 aliphatic rings. The van der Waals surface area contributed by atoms with Crippen LogP contribution >= 0.6 is 15.9 Å². The maximum absolute atomic E-state index is 12.5. The van der Waals surface area contributed by atoms with Gasteiger partial charge in [-0.3, -0.25) is 9.59 Å². The number of nitrogens with one attached hydrogen (secondary N) is 2. The van der Waals surface area contributed by atoms with E-state index in [9.17, 15) is 14.4 Å². The van der Waals surface area contributed by atoms with Crippen LogP contribution in [0.2, 0.25) is 0 Å². The molecule has 8 nitrogen and oxygen atoms in total. The second-order valence-corrected chi connectivity index (χ2v) is 8.81. The van der Waals surface area contributed by atoms with E-state index in [0.717, 1.165) is 15.2 Å². The van der Waals surface area contributed by atoms with Gasteiger partial charge in [-0.05, 0) is 65.4 Å². The van der Waals surface area contributed by atoms with Gasteiger partial charge in [0.2, 0.25) is 0 Å². The molecule has 9 heteroatoms. The Morgan fingerprint density at radius 2 is 1.41 bits per heavy atom. The number of anilines is 2. The Hall–Kier alpha value is -4.37. The number of esters is 1. The zero-order chi connectivity index (χ0) is 26.2. The Balaban J connectivity index is 1.29. The fourth-order valence-electron chi connectivity index (χ4n) is 3.47. The molecule has 0 saturated carbocycles. The summed E-state index contributed by atoms with van der Waals surface area (Å²) in [4.78, 5) is 37.0. The van der Waals surface area contributed by atoms with Gasteiger partial charge in [-0.2, -0.15) is 0 Å². The Kier molecular flexibility index (Phi) is 8.37. The molecule has 0 spiro atoms. The SMILES string of the molecule is COc1cc(C(=O)OCC(=O)Nc2ccc3ccccc3c2)ccc1OCC(=O)Nc1ccc(Br)cc1. The minimum atomic E-state index is -0.702. The second kappa shape index (κ2) is 12.0. The van der Waals surface area contributed by atoms with Crippen molar-refractivity contribution in [1.82, 2.24) is 0 Å². The molecule has 0 unspecified atom stereocenters. The van der Waals surface area contributed by atoms with Gasteiger partial charge in [0.25, 0.3) is 11.8 Å². The molecule has 4 aromatic rings. The maximum Gasteiger partial charge on any atom is 0.338 e. The van der Waals surface area contributed by atoms with E-state index in [1.807, 2.05) is 48.5 Å². The van der Waals surface area contributed by atoms with Gasteiger partial charge in [0.1, 0.15) is 0 Å². The highest BCUT2D eigenvalue weighted by Crippen LogP contribution is 2.28. The van der Waals surface area contributed by atoms with Crippen LogP contribution in [0.15, 0.2) is 89.4 Å². The number of fused-ring (bicyclic) bond motifs is 1. The van der Waals surface area contributed by atoms with Crippen LogP contribution in [0.3, 0.4) is 0 Å². The van der Waals surface area contributed by atoms with Gasteiger partial charge in [-0.1, -0.05) is 46.3 Å². The normalized spacial score (nSPS) is 10.4. The van der Waals surface area contributed by atoms with Crippen LogP contribution in [0.5, 0.6) is 11.5 Å². The van der Waals surface area contributed by atoms with Gasteiger partial charge in [-0.25, -0.2) is 4.79 Å². The molecular weight excluding hydrogens is 540 g/mol. The van der Waals surface area contributed by atoms with Crippen molar-refractivity contribution < 1.29 is 28.6 Å². The summed E-state index contributed by atoms with van der Waals surface area (Å²) in [5.74, 6) is -1.00. The second-order valence-electron chi connectivity index (χ2n) is 7.90. The number of hydrogen-bond donors (Lipinski definition) is 2. The van der Waals surface area contributed by atoms with Crippen molar-refractivity contribution in [2.75, 3.05) is 31.0 Å². The number of ether oxygens (including phenoxy) is 3. The van der Waals surface area contributed by atoms with Crippen molar-refractivity contribution in [3.63, 3.8) is 0 Å². The molecule has 0 aliphatic carbocycles. The zero-order valence-corrected chi connectivity index (χ0v) is 21.4. The third-order valence-electron chi connectivity index (χ3n) is 5.25. The van der Waals surface area contributed by atoms with E-state index in [1.54, 1.807) is 18.2 Å². The molecule has 4 aromatic carbocycles. The third-order valence-corrected chi connectivity index (χ3v) is 5.78. The average Bonchev–Trinajstić information content (AvgIpc) is 2.91. The molecule has 0 aliphatic heterocycles. The van der Waals surface area contributed by atoms with Crippen LogP contribution in [-0.2, 0) is 14.3 Å². The molecule has 0 saturated heterocycles. The Morgan fingerprint density at radius 3 is 2.16 bits per heavy atom. The van der Waals surface area contributed by atoms with Gasteiger partial charge in [0, 0.05) is 15.8 Å². The van der Waals surface area contributed by atoms with E-state index in [1.165, 1.54) is 25.3 Å². The van der Waals surface area contributed by atoms with E-state index in [-0.39, 0.29) is 29.6 Å². The van der Waals surface area contributed by atoms with Crippen LogP contribution in [-0.4, -0.2) is 38.1 Å². The van der Waals surface area contributed by atoms with Crippen LogP contribution in [0.1, 0.15) is 10.4 Å². The fourth-order valence-corrected chi connectivity index (χ4v) is 3.73. The van der Waals surface area contributed by atoms with Crippen LogP contribution in [0.4, 0.5) is 11.4 Å². The monoisotopic (exact) mass is 562 g/mol. The molecule has 0 bridgehead atoms. The van der Waals surface area contributed by atoms with E-state index >= 15 is 0 Å². The average molecular weight is 563 g/mol. The van der Waals surface area contributed by atoms with Crippen molar-refractivity contribution in [3.05, 3.63) is 95.0 Å². The summed E-state index contributed by atoms with van der Waals surface area (Å²) >= 11 is 3.34. The number of amides is 2. The topological polar surface area (TPSA) is 103 Å². The van der Waals surface area contributed by atoms with Crippen molar-refractivity contribution in [3.8, 4) is 11.5 Å². The van der Waals surface area contributed by atoms with E-state index in [0.29, 0.717) is 11.4 Å². The van der Waals surface area contributed by atoms with Crippen molar-refractivity contribution in [2.24, 2.45) is 0 Å². The lowest BCUT2D eigenvalue weighted by atomic mass is 10.1. The first-order valence-electron chi connectivity index (χ1n) is 11.2. The number of halogens is 1. The predicted octanol–water partition coefficient (Wildman–Crippen LogP) is 5.42. The first-order valence-corrected chi connectivity index (χ1v) is 12.0. The first-order chi connectivity index (χ1) is 17.9. The molecule has 2 N–H and O–H groups in total. The van der Waals surface area contributed by atoms with Crippen LogP contribution < -0.4 is 20.1 Å². The standard InChI is InChI=1S/C28H23BrN2O6/c1-35-25-15-20(7-13-24(25)36-16-26(32)30-22-11-8-21(29)9-12-22)28(34)37-17-27(33)31-23-10-6-18-4-2-3-5-19(18)14-23/h2-15H,16-17H2,1H3,(H,30,32)(H,31,33). The Morgan fingerprint density at radius 1 is 0.730 bits per heavy atom. The summed E-state index contributed by atoms with van der Waals surface area (Å²) in [5, 5.41) is 7.48. The van der Waals surface area contributed by atoms with Crippen molar-refractivity contribution in [2.45, 2.75) is 0 Å². The summed E-state index contributed by atoms with van der Waals surface area (Å²) in [6.07, 6.45) is 0. The molecule has 0 radical (unpaired) electrons. The molecule has 188 valence electrons. The third kappa shape index (κ3) is 7.08. The minimum absolute atomic E-state index is 0.169. The lowest BCUT2D eigenvalue weighted by molar-refractivity contribution is -0.119. The number of benzene rings is 4. The molecule has 37 heavy (non-hydrogen) atoms. The van der Waals surface area contributed by atoms with Gasteiger partial charge < -0.3 is 24.8 Å². The molecule has 2 amide bonds. The number of rotatable bonds is 9.